The standard InChI is InChI=1S/C19H17FN6O2S/c1-11-15(4-3-5-16(11)29(2,27)28)26(19-22-9-8-17(21)23-19)18-13-10-12(20)6-7-14(13)24-25-18/h3-10H,1-2H3,(H,24,25)(H2,21,22,23). The number of anilines is 4. The molecule has 0 radical (unpaired) electrons. The molecule has 8 nitrogen and oxygen atoms in total. The number of benzene rings is 2. The molecule has 0 aliphatic rings. The molecule has 0 unspecified atom stereocenters. The average Bonchev–Trinajstić information content (AvgIpc) is 3.05. The van der Waals surface area contributed by atoms with Gasteiger partial charge in [0.1, 0.15) is 11.6 Å². The van der Waals surface area contributed by atoms with E-state index in [0.29, 0.717) is 28.0 Å². The Balaban J connectivity index is 2.04. The van der Waals surface area contributed by atoms with Crippen LogP contribution < -0.4 is 10.6 Å². The molecular formula is C19H17FN6O2S. The zero-order valence-corrected chi connectivity index (χ0v) is 16.4. The highest BCUT2D eigenvalue weighted by Gasteiger charge is 2.25. The molecule has 0 atom stereocenters. The van der Waals surface area contributed by atoms with Gasteiger partial charge in [-0.1, -0.05) is 6.07 Å². The molecule has 0 saturated heterocycles. The van der Waals surface area contributed by atoms with Crippen molar-refractivity contribution < 1.29 is 12.8 Å². The number of sulfone groups is 1. The lowest BCUT2D eigenvalue weighted by Crippen LogP contribution is -2.17. The van der Waals surface area contributed by atoms with Crippen LogP contribution in [0.2, 0.25) is 0 Å². The minimum Gasteiger partial charge on any atom is -0.384 e. The van der Waals surface area contributed by atoms with Gasteiger partial charge in [0.25, 0.3) is 0 Å². The summed E-state index contributed by atoms with van der Waals surface area (Å²) in [6.07, 6.45) is 2.62. The van der Waals surface area contributed by atoms with Crippen LogP contribution in [-0.4, -0.2) is 34.8 Å². The molecule has 0 aliphatic carbocycles. The molecule has 2 aromatic carbocycles. The van der Waals surface area contributed by atoms with Crippen molar-refractivity contribution in [1.82, 2.24) is 20.2 Å². The van der Waals surface area contributed by atoms with Gasteiger partial charge in [0, 0.05) is 17.8 Å². The van der Waals surface area contributed by atoms with Gasteiger partial charge in [0.15, 0.2) is 15.7 Å². The van der Waals surface area contributed by atoms with Crippen molar-refractivity contribution >= 4 is 44.0 Å². The largest absolute Gasteiger partial charge is 0.384 e. The molecule has 0 spiro atoms. The third-order valence-electron chi connectivity index (χ3n) is 4.48. The third kappa shape index (κ3) is 3.38. The maximum atomic E-state index is 13.9. The van der Waals surface area contributed by atoms with Crippen molar-refractivity contribution in [1.29, 1.82) is 0 Å². The summed E-state index contributed by atoms with van der Waals surface area (Å²) in [7, 11) is -3.48. The van der Waals surface area contributed by atoms with E-state index in [1.807, 2.05) is 0 Å². The summed E-state index contributed by atoms with van der Waals surface area (Å²) in [4.78, 5) is 10.3. The highest BCUT2D eigenvalue weighted by Crippen LogP contribution is 2.38. The van der Waals surface area contributed by atoms with Crippen LogP contribution in [0.3, 0.4) is 0 Å². The number of aromatic nitrogens is 4. The van der Waals surface area contributed by atoms with Gasteiger partial charge in [-0.3, -0.25) is 10.00 Å². The van der Waals surface area contributed by atoms with Crippen LogP contribution in [0.1, 0.15) is 5.56 Å². The van der Waals surface area contributed by atoms with Crippen molar-refractivity contribution in [2.75, 3.05) is 16.9 Å². The number of nitrogens with one attached hydrogen (secondary N) is 1. The quantitative estimate of drug-likeness (QED) is 0.528. The second kappa shape index (κ2) is 6.82. The molecule has 3 N–H and O–H groups in total. The Labute approximate surface area is 166 Å². The molecule has 4 rings (SSSR count). The van der Waals surface area contributed by atoms with E-state index >= 15 is 0 Å². The lowest BCUT2D eigenvalue weighted by atomic mass is 10.1. The summed E-state index contributed by atoms with van der Waals surface area (Å²) in [6.45, 7) is 1.68. The first-order valence-electron chi connectivity index (χ1n) is 8.57. The fraction of sp³-hybridized carbons (Fsp3) is 0.105. The summed E-state index contributed by atoms with van der Waals surface area (Å²) >= 11 is 0. The normalized spacial score (nSPS) is 11.7. The summed E-state index contributed by atoms with van der Waals surface area (Å²) in [5.74, 6) is 0.286. The molecule has 4 aromatic rings. The Bertz CT molecular complexity index is 1340. The average molecular weight is 412 g/mol. The van der Waals surface area contributed by atoms with E-state index in [0.717, 1.165) is 6.26 Å². The number of halogens is 1. The molecule has 2 aromatic heterocycles. The maximum absolute atomic E-state index is 13.9. The van der Waals surface area contributed by atoms with Crippen LogP contribution in [0, 0.1) is 12.7 Å². The van der Waals surface area contributed by atoms with E-state index in [4.69, 9.17) is 5.73 Å². The van der Waals surface area contributed by atoms with Gasteiger partial charge < -0.3 is 5.73 Å². The molecule has 0 aliphatic heterocycles. The monoisotopic (exact) mass is 412 g/mol. The van der Waals surface area contributed by atoms with Crippen LogP contribution in [0.4, 0.5) is 27.7 Å². The Morgan fingerprint density at radius 3 is 2.69 bits per heavy atom. The lowest BCUT2D eigenvalue weighted by molar-refractivity contribution is 0.601. The maximum Gasteiger partial charge on any atom is 0.237 e. The molecule has 29 heavy (non-hydrogen) atoms. The number of hydrogen-bond acceptors (Lipinski definition) is 7. The van der Waals surface area contributed by atoms with Crippen molar-refractivity contribution in [3.8, 4) is 0 Å². The summed E-state index contributed by atoms with van der Waals surface area (Å²) in [5.41, 5.74) is 7.41. The number of nitrogen functional groups attached to an aromatic ring is 1. The Hall–Kier alpha value is -3.53. The molecule has 10 heteroatoms. The van der Waals surface area contributed by atoms with E-state index in [2.05, 4.69) is 20.2 Å². The van der Waals surface area contributed by atoms with Gasteiger partial charge in [-0.15, -0.1) is 0 Å². The van der Waals surface area contributed by atoms with Crippen molar-refractivity contribution in [2.24, 2.45) is 0 Å². The van der Waals surface area contributed by atoms with Gasteiger partial charge >= 0.3 is 0 Å². The van der Waals surface area contributed by atoms with Crippen molar-refractivity contribution in [2.45, 2.75) is 11.8 Å². The molecule has 148 valence electrons. The van der Waals surface area contributed by atoms with Crippen LogP contribution in [0.5, 0.6) is 0 Å². The van der Waals surface area contributed by atoms with Gasteiger partial charge in [-0.05, 0) is 48.9 Å². The molecule has 0 bridgehead atoms. The van der Waals surface area contributed by atoms with Crippen LogP contribution in [0.25, 0.3) is 10.9 Å². The smallest absolute Gasteiger partial charge is 0.237 e. The second-order valence-electron chi connectivity index (χ2n) is 6.53. The molecule has 0 saturated carbocycles. The summed E-state index contributed by atoms with van der Waals surface area (Å²) in [6, 6.07) is 10.6. The number of nitrogens with two attached hydrogens (primary N) is 1. The molecule has 2 heterocycles. The highest BCUT2D eigenvalue weighted by molar-refractivity contribution is 7.90. The zero-order valence-electron chi connectivity index (χ0n) is 15.6. The molecule has 0 amide bonds. The van der Waals surface area contributed by atoms with Crippen LogP contribution in [-0.2, 0) is 9.84 Å². The first-order chi connectivity index (χ1) is 13.8. The minimum absolute atomic E-state index is 0.162. The van der Waals surface area contributed by atoms with E-state index in [9.17, 15) is 12.8 Å². The molecule has 0 fully saturated rings. The first kappa shape index (κ1) is 18.8. The van der Waals surface area contributed by atoms with E-state index in [-0.39, 0.29) is 16.7 Å². The van der Waals surface area contributed by atoms with Gasteiger partial charge in [-0.2, -0.15) is 10.1 Å². The second-order valence-corrected chi connectivity index (χ2v) is 8.51. The predicted molar refractivity (Wildman–Crippen MR) is 109 cm³/mol. The molecular weight excluding hydrogens is 395 g/mol. The number of H-pyrrole nitrogens is 1. The number of aromatic amines is 1. The van der Waals surface area contributed by atoms with Gasteiger partial charge in [-0.25, -0.2) is 17.8 Å². The van der Waals surface area contributed by atoms with E-state index < -0.39 is 15.7 Å². The number of fused-ring (bicyclic) bond motifs is 1. The number of rotatable bonds is 4. The van der Waals surface area contributed by atoms with E-state index in [1.54, 1.807) is 30.0 Å². The van der Waals surface area contributed by atoms with Crippen molar-refractivity contribution in [3.05, 3.63) is 60.0 Å². The predicted octanol–water partition coefficient (Wildman–Crippen LogP) is 3.26. The first-order valence-corrected chi connectivity index (χ1v) is 10.5. The fourth-order valence-corrected chi connectivity index (χ4v) is 4.16. The highest BCUT2D eigenvalue weighted by atomic mass is 32.2. The summed E-state index contributed by atoms with van der Waals surface area (Å²) in [5, 5.41) is 7.65. The van der Waals surface area contributed by atoms with Crippen LogP contribution in [0.15, 0.2) is 53.6 Å². The third-order valence-corrected chi connectivity index (χ3v) is 5.72. The topological polar surface area (TPSA) is 118 Å². The number of hydrogen-bond donors (Lipinski definition) is 2. The SMILES string of the molecule is Cc1c(N(c2nccc(N)n2)c2n[nH]c3ccc(F)cc23)cccc1S(C)(=O)=O. The Morgan fingerprint density at radius 2 is 1.97 bits per heavy atom. The zero-order chi connectivity index (χ0) is 20.8. The Morgan fingerprint density at radius 1 is 1.17 bits per heavy atom. The fourth-order valence-electron chi connectivity index (χ4n) is 3.18. The number of nitrogens with zero attached hydrogens (tertiary/aromatic N) is 4. The van der Waals surface area contributed by atoms with Gasteiger partial charge in [0.2, 0.25) is 5.95 Å². The van der Waals surface area contributed by atoms with E-state index in [1.165, 1.54) is 30.5 Å². The Kier molecular flexibility index (Phi) is 4.42. The van der Waals surface area contributed by atoms with Crippen LogP contribution >= 0.6 is 0 Å². The summed E-state index contributed by atoms with van der Waals surface area (Å²) < 4.78 is 38.4. The minimum atomic E-state index is -3.48. The van der Waals surface area contributed by atoms with Crippen molar-refractivity contribution in [3.63, 3.8) is 0 Å². The lowest BCUT2D eigenvalue weighted by Gasteiger charge is -2.23. The van der Waals surface area contributed by atoms with Gasteiger partial charge in [0.05, 0.1) is 16.1 Å².